The third-order valence-corrected chi connectivity index (χ3v) is 5.36. The fourth-order valence-electron chi connectivity index (χ4n) is 3.10. The molecule has 1 aliphatic rings. The second-order valence-electron chi connectivity index (χ2n) is 6.67. The molecule has 4 rings (SSSR count). The SMILES string of the molecule is Cc1cccc(COc2ccccc2/C=C2\SC(=O)N(c3ccccc3)C2=O)c1. The summed E-state index contributed by atoms with van der Waals surface area (Å²) in [5.74, 6) is 0.347. The highest BCUT2D eigenvalue weighted by Crippen LogP contribution is 2.36. The van der Waals surface area contributed by atoms with Crippen molar-refractivity contribution in [2.24, 2.45) is 0 Å². The average Bonchev–Trinajstić information content (AvgIpc) is 3.01. The summed E-state index contributed by atoms with van der Waals surface area (Å²) >= 11 is 0.940. The van der Waals surface area contributed by atoms with Gasteiger partial charge in [-0.3, -0.25) is 9.59 Å². The maximum absolute atomic E-state index is 12.8. The number of rotatable bonds is 5. The Hall–Kier alpha value is -3.31. The second kappa shape index (κ2) is 8.37. The summed E-state index contributed by atoms with van der Waals surface area (Å²) in [4.78, 5) is 26.8. The van der Waals surface area contributed by atoms with E-state index in [1.54, 1.807) is 30.3 Å². The van der Waals surface area contributed by atoms with E-state index in [4.69, 9.17) is 4.74 Å². The molecule has 4 nitrogen and oxygen atoms in total. The normalized spacial score (nSPS) is 15.2. The highest BCUT2D eigenvalue weighted by Gasteiger charge is 2.36. The molecule has 1 heterocycles. The van der Waals surface area contributed by atoms with E-state index in [9.17, 15) is 9.59 Å². The molecule has 1 saturated heterocycles. The van der Waals surface area contributed by atoms with Gasteiger partial charge in [0, 0.05) is 5.56 Å². The minimum Gasteiger partial charge on any atom is -0.488 e. The number of amides is 2. The number of carbonyl (C=O) groups excluding carboxylic acids is 2. The molecule has 1 aliphatic heterocycles. The summed E-state index contributed by atoms with van der Waals surface area (Å²) in [6.07, 6.45) is 1.72. The Kier molecular flexibility index (Phi) is 5.49. The van der Waals surface area contributed by atoms with Crippen LogP contribution in [0.25, 0.3) is 6.08 Å². The van der Waals surface area contributed by atoms with Gasteiger partial charge in [-0.1, -0.05) is 66.2 Å². The molecule has 3 aromatic rings. The van der Waals surface area contributed by atoms with E-state index in [0.29, 0.717) is 22.9 Å². The Balaban J connectivity index is 1.57. The number of aryl methyl sites for hydroxylation is 1. The molecule has 0 N–H and O–H groups in total. The van der Waals surface area contributed by atoms with Crippen LogP contribution < -0.4 is 9.64 Å². The summed E-state index contributed by atoms with van der Waals surface area (Å²) in [6, 6.07) is 24.6. The lowest BCUT2D eigenvalue weighted by atomic mass is 10.1. The van der Waals surface area contributed by atoms with E-state index in [1.165, 1.54) is 10.5 Å². The molecule has 0 aromatic heterocycles. The lowest BCUT2D eigenvalue weighted by molar-refractivity contribution is -0.113. The van der Waals surface area contributed by atoms with Gasteiger partial charge in [0.1, 0.15) is 12.4 Å². The number of benzene rings is 3. The van der Waals surface area contributed by atoms with Crippen LogP contribution in [0, 0.1) is 6.92 Å². The van der Waals surface area contributed by atoms with Crippen LogP contribution in [0.4, 0.5) is 10.5 Å². The first-order chi connectivity index (χ1) is 14.1. The van der Waals surface area contributed by atoms with Crippen molar-refractivity contribution < 1.29 is 14.3 Å². The zero-order valence-corrected chi connectivity index (χ0v) is 16.7. The van der Waals surface area contributed by atoms with Crippen LogP contribution in [0.3, 0.4) is 0 Å². The molecule has 0 radical (unpaired) electrons. The van der Waals surface area contributed by atoms with Crippen LogP contribution in [-0.4, -0.2) is 11.1 Å². The van der Waals surface area contributed by atoms with Gasteiger partial charge in [-0.2, -0.15) is 0 Å². The van der Waals surface area contributed by atoms with Crippen LogP contribution >= 0.6 is 11.8 Å². The van der Waals surface area contributed by atoms with E-state index in [2.05, 4.69) is 6.07 Å². The summed E-state index contributed by atoms with van der Waals surface area (Å²) in [6.45, 7) is 2.47. The van der Waals surface area contributed by atoms with Crippen LogP contribution in [0.1, 0.15) is 16.7 Å². The van der Waals surface area contributed by atoms with Gasteiger partial charge in [0.05, 0.1) is 10.6 Å². The largest absolute Gasteiger partial charge is 0.488 e. The van der Waals surface area contributed by atoms with Crippen LogP contribution in [0.5, 0.6) is 5.75 Å². The number of nitrogens with zero attached hydrogens (tertiary/aromatic N) is 1. The molecule has 0 aliphatic carbocycles. The molecule has 5 heteroatoms. The summed E-state index contributed by atoms with van der Waals surface area (Å²) < 4.78 is 6.00. The smallest absolute Gasteiger partial charge is 0.298 e. The van der Waals surface area contributed by atoms with Crippen molar-refractivity contribution in [1.29, 1.82) is 0 Å². The highest BCUT2D eigenvalue weighted by atomic mass is 32.2. The predicted molar refractivity (Wildman–Crippen MR) is 117 cm³/mol. The third kappa shape index (κ3) is 4.25. The van der Waals surface area contributed by atoms with E-state index < -0.39 is 0 Å². The first-order valence-corrected chi connectivity index (χ1v) is 10.0. The van der Waals surface area contributed by atoms with E-state index >= 15 is 0 Å². The molecule has 0 spiro atoms. The molecular weight excluding hydrogens is 382 g/mol. The standard InChI is InChI=1S/C24H19NO3S/c1-17-8-7-9-18(14-17)16-28-21-13-6-5-10-19(21)15-22-23(26)25(24(27)29-22)20-11-3-2-4-12-20/h2-15H,16H2,1H3/b22-15-. The quantitative estimate of drug-likeness (QED) is 0.506. The van der Waals surface area contributed by atoms with Gasteiger partial charge in [0.15, 0.2) is 0 Å². The lowest BCUT2D eigenvalue weighted by Gasteiger charge is -2.12. The fourth-order valence-corrected chi connectivity index (χ4v) is 3.94. The molecule has 144 valence electrons. The number of ether oxygens (including phenoxy) is 1. The second-order valence-corrected chi connectivity index (χ2v) is 7.66. The number of hydrogen-bond donors (Lipinski definition) is 0. The van der Waals surface area contributed by atoms with E-state index in [-0.39, 0.29) is 11.1 Å². The summed E-state index contributed by atoms with van der Waals surface area (Å²) in [5, 5.41) is -0.300. The molecule has 2 amide bonds. The van der Waals surface area contributed by atoms with Gasteiger partial charge < -0.3 is 4.74 Å². The van der Waals surface area contributed by atoms with Crippen LogP contribution in [0.15, 0.2) is 83.8 Å². The average molecular weight is 401 g/mol. The molecule has 29 heavy (non-hydrogen) atoms. The van der Waals surface area contributed by atoms with Crippen molar-refractivity contribution in [3.05, 3.63) is 100 Å². The van der Waals surface area contributed by atoms with Gasteiger partial charge in [-0.05, 0) is 48.5 Å². The van der Waals surface area contributed by atoms with Crippen molar-refractivity contribution in [2.45, 2.75) is 13.5 Å². The van der Waals surface area contributed by atoms with Gasteiger partial charge in [0.2, 0.25) is 0 Å². The Morgan fingerprint density at radius 1 is 0.931 bits per heavy atom. The van der Waals surface area contributed by atoms with Crippen molar-refractivity contribution in [1.82, 2.24) is 0 Å². The Bertz CT molecular complexity index is 1090. The molecule has 0 atom stereocenters. The molecular formula is C24H19NO3S. The molecule has 3 aromatic carbocycles. The molecule has 0 saturated carbocycles. The monoisotopic (exact) mass is 401 g/mol. The van der Waals surface area contributed by atoms with E-state index in [1.807, 2.05) is 55.5 Å². The number of imide groups is 1. The Morgan fingerprint density at radius 2 is 1.69 bits per heavy atom. The van der Waals surface area contributed by atoms with Crippen LogP contribution in [-0.2, 0) is 11.4 Å². The first kappa shape index (κ1) is 19.0. The zero-order valence-electron chi connectivity index (χ0n) is 15.9. The number of carbonyl (C=O) groups is 2. The zero-order chi connectivity index (χ0) is 20.2. The topological polar surface area (TPSA) is 46.6 Å². The molecule has 0 unspecified atom stereocenters. The highest BCUT2D eigenvalue weighted by molar-refractivity contribution is 8.19. The lowest BCUT2D eigenvalue weighted by Crippen LogP contribution is -2.27. The van der Waals surface area contributed by atoms with Crippen molar-refractivity contribution in [3.63, 3.8) is 0 Å². The van der Waals surface area contributed by atoms with Gasteiger partial charge >= 0.3 is 0 Å². The maximum Gasteiger partial charge on any atom is 0.298 e. The minimum absolute atomic E-state index is 0.300. The van der Waals surface area contributed by atoms with Gasteiger partial charge in [0.25, 0.3) is 11.1 Å². The van der Waals surface area contributed by atoms with Gasteiger partial charge in [-0.15, -0.1) is 0 Å². The number of hydrogen-bond acceptors (Lipinski definition) is 4. The first-order valence-electron chi connectivity index (χ1n) is 9.22. The van der Waals surface area contributed by atoms with E-state index in [0.717, 1.165) is 22.9 Å². The van der Waals surface area contributed by atoms with Crippen molar-refractivity contribution in [2.75, 3.05) is 4.90 Å². The fraction of sp³-hybridized carbons (Fsp3) is 0.0833. The summed E-state index contributed by atoms with van der Waals surface area (Å²) in [7, 11) is 0. The van der Waals surface area contributed by atoms with Crippen molar-refractivity contribution in [3.8, 4) is 5.75 Å². The van der Waals surface area contributed by atoms with Gasteiger partial charge in [-0.25, -0.2) is 4.90 Å². The Morgan fingerprint density at radius 3 is 2.48 bits per heavy atom. The summed E-state index contributed by atoms with van der Waals surface area (Å²) in [5.41, 5.74) is 3.58. The van der Waals surface area contributed by atoms with Crippen LogP contribution in [0.2, 0.25) is 0 Å². The molecule has 0 bridgehead atoms. The number of anilines is 1. The molecule has 1 fully saturated rings. The number of para-hydroxylation sites is 2. The third-order valence-electron chi connectivity index (χ3n) is 4.49. The number of thioether (sulfide) groups is 1. The maximum atomic E-state index is 12.8. The van der Waals surface area contributed by atoms with Crippen molar-refractivity contribution >= 4 is 34.7 Å². The Labute approximate surface area is 173 Å². The predicted octanol–water partition coefficient (Wildman–Crippen LogP) is 5.81. The minimum atomic E-state index is -0.320.